The summed E-state index contributed by atoms with van der Waals surface area (Å²) in [5.41, 5.74) is -1.03. The van der Waals surface area contributed by atoms with E-state index in [4.69, 9.17) is 0 Å². The Balaban J connectivity index is 1.99. The quantitative estimate of drug-likeness (QED) is 0.932. The monoisotopic (exact) mass is 301 g/mol. The largest absolute Gasteiger partial charge is 0.435 e. The van der Waals surface area contributed by atoms with Gasteiger partial charge in [-0.3, -0.25) is 9.48 Å². The summed E-state index contributed by atoms with van der Waals surface area (Å²) in [5, 5.41) is 6.38. The molecule has 0 spiro atoms. The lowest BCUT2D eigenvalue weighted by molar-refractivity contribution is -0.141. The molecule has 2 aliphatic carbocycles. The van der Waals surface area contributed by atoms with Gasteiger partial charge in [0.05, 0.1) is 11.6 Å². The van der Waals surface area contributed by atoms with Gasteiger partial charge in [-0.25, -0.2) is 0 Å². The lowest BCUT2D eigenvalue weighted by Gasteiger charge is -2.12. The lowest BCUT2D eigenvalue weighted by Crippen LogP contribution is -2.28. The molecule has 0 unspecified atom stereocenters. The molecule has 0 atom stereocenters. The number of alkyl halides is 3. The van der Waals surface area contributed by atoms with Crippen molar-refractivity contribution in [3.63, 3.8) is 0 Å². The highest BCUT2D eigenvalue weighted by atomic mass is 19.4. The van der Waals surface area contributed by atoms with Crippen molar-refractivity contribution in [3.05, 3.63) is 17.0 Å². The van der Waals surface area contributed by atoms with Gasteiger partial charge < -0.3 is 5.32 Å². The summed E-state index contributed by atoms with van der Waals surface area (Å²) >= 11 is 0. The number of nitrogens with one attached hydrogen (secondary N) is 1. The number of carbonyl (C=O) groups excluding carboxylic acids is 1. The normalized spacial score (nSPS) is 20.0. The van der Waals surface area contributed by atoms with Gasteiger partial charge in [0.1, 0.15) is 0 Å². The zero-order valence-electron chi connectivity index (χ0n) is 11.8. The first-order chi connectivity index (χ1) is 9.88. The third kappa shape index (κ3) is 2.78. The Kier molecular flexibility index (Phi) is 3.45. The molecule has 7 heteroatoms. The first-order valence-electron chi connectivity index (χ1n) is 7.35. The minimum absolute atomic E-state index is 0.0198. The molecule has 21 heavy (non-hydrogen) atoms. The molecule has 2 saturated carbocycles. The highest BCUT2D eigenvalue weighted by molar-refractivity contribution is 5.97. The summed E-state index contributed by atoms with van der Waals surface area (Å²) in [5.74, 6) is -0.647. The van der Waals surface area contributed by atoms with E-state index in [1.54, 1.807) is 6.92 Å². The van der Waals surface area contributed by atoms with Gasteiger partial charge in [0.25, 0.3) is 5.91 Å². The Labute approximate surface area is 120 Å². The molecule has 0 bridgehead atoms. The van der Waals surface area contributed by atoms with Crippen LogP contribution in [0.1, 0.15) is 66.3 Å². The second-order valence-corrected chi connectivity index (χ2v) is 5.94. The number of halogens is 3. The molecule has 0 saturated heterocycles. The van der Waals surface area contributed by atoms with Crippen LogP contribution in [0.3, 0.4) is 0 Å². The number of carbonyl (C=O) groups is 1. The molecule has 0 radical (unpaired) electrons. The van der Waals surface area contributed by atoms with Gasteiger partial charge in [0.15, 0.2) is 5.69 Å². The summed E-state index contributed by atoms with van der Waals surface area (Å²) in [7, 11) is 0. The highest BCUT2D eigenvalue weighted by Crippen LogP contribution is 2.37. The lowest BCUT2D eigenvalue weighted by atomic mass is 10.1. The van der Waals surface area contributed by atoms with Crippen molar-refractivity contribution in [2.24, 2.45) is 0 Å². The van der Waals surface area contributed by atoms with Crippen LogP contribution < -0.4 is 5.32 Å². The smallest absolute Gasteiger partial charge is 0.349 e. The van der Waals surface area contributed by atoms with Crippen molar-refractivity contribution < 1.29 is 18.0 Å². The molecule has 1 amide bonds. The minimum Gasteiger partial charge on any atom is -0.349 e. The fourth-order valence-electron chi connectivity index (χ4n) is 2.98. The van der Waals surface area contributed by atoms with E-state index in [9.17, 15) is 18.0 Å². The van der Waals surface area contributed by atoms with Crippen LogP contribution in [0.25, 0.3) is 0 Å². The molecular weight excluding hydrogens is 283 g/mol. The third-order valence-electron chi connectivity index (χ3n) is 4.23. The maximum absolute atomic E-state index is 13.2. The number of rotatable bonds is 3. The molecule has 0 aromatic carbocycles. The van der Waals surface area contributed by atoms with Gasteiger partial charge in [0.2, 0.25) is 0 Å². The van der Waals surface area contributed by atoms with Crippen LogP contribution in [0.15, 0.2) is 0 Å². The van der Waals surface area contributed by atoms with E-state index in [0.717, 1.165) is 38.5 Å². The van der Waals surface area contributed by atoms with Gasteiger partial charge in [-0.1, -0.05) is 12.8 Å². The van der Waals surface area contributed by atoms with E-state index in [-0.39, 0.29) is 17.6 Å². The fourth-order valence-corrected chi connectivity index (χ4v) is 2.98. The summed E-state index contributed by atoms with van der Waals surface area (Å²) in [6.45, 7) is 1.56. The fraction of sp³-hybridized carbons (Fsp3) is 0.714. The van der Waals surface area contributed by atoms with Crippen molar-refractivity contribution in [2.75, 3.05) is 0 Å². The van der Waals surface area contributed by atoms with Crippen LogP contribution in [-0.2, 0) is 6.18 Å². The van der Waals surface area contributed by atoms with Crippen LogP contribution in [-0.4, -0.2) is 21.7 Å². The van der Waals surface area contributed by atoms with Crippen molar-refractivity contribution in [1.82, 2.24) is 15.1 Å². The predicted octanol–water partition coefficient (Wildman–Crippen LogP) is 3.22. The van der Waals surface area contributed by atoms with Crippen LogP contribution in [0, 0.1) is 6.92 Å². The van der Waals surface area contributed by atoms with Gasteiger partial charge in [-0.15, -0.1) is 0 Å². The standard InChI is InChI=1S/C14H18F3N3O/c1-8-11(13(21)18-9-6-7-9)12(14(15,16)17)19-20(8)10-4-2-3-5-10/h9-10H,2-7H2,1H3,(H,18,21). The van der Waals surface area contributed by atoms with Crippen molar-refractivity contribution in [3.8, 4) is 0 Å². The molecule has 0 aliphatic heterocycles. The molecule has 2 aliphatic rings. The topological polar surface area (TPSA) is 46.9 Å². The maximum atomic E-state index is 13.2. The average molecular weight is 301 g/mol. The van der Waals surface area contributed by atoms with Gasteiger partial charge >= 0.3 is 6.18 Å². The van der Waals surface area contributed by atoms with Crippen LogP contribution in [0.2, 0.25) is 0 Å². The second-order valence-electron chi connectivity index (χ2n) is 5.94. The Hall–Kier alpha value is -1.53. The molecule has 1 aromatic rings. The number of hydrogen-bond acceptors (Lipinski definition) is 2. The minimum atomic E-state index is -4.61. The summed E-state index contributed by atoms with van der Waals surface area (Å²) in [6, 6.07) is 0.00129. The average Bonchev–Trinajstić information content (AvgIpc) is 2.90. The number of amides is 1. The van der Waals surface area contributed by atoms with E-state index < -0.39 is 17.8 Å². The third-order valence-corrected chi connectivity index (χ3v) is 4.23. The predicted molar refractivity (Wildman–Crippen MR) is 70.0 cm³/mol. The van der Waals surface area contributed by atoms with E-state index in [1.165, 1.54) is 4.68 Å². The molecule has 116 valence electrons. The Morgan fingerprint density at radius 2 is 1.86 bits per heavy atom. The van der Waals surface area contributed by atoms with Crippen molar-refractivity contribution in [2.45, 2.75) is 63.7 Å². The Morgan fingerprint density at radius 3 is 2.38 bits per heavy atom. The van der Waals surface area contributed by atoms with Crippen LogP contribution in [0.5, 0.6) is 0 Å². The van der Waals surface area contributed by atoms with E-state index >= 15 is 0 Å². The Bertz CT molecular complexity index is 555. The zero-order chi connectivity index (χ0) is 15.2. The van der Waals surface area contributed by atoms with E-state index in [1.807, 2.05) is 0 Å². The van der Waals surface area contributed by atoms with Gasteiger partial charge in [0, 0.05) is 11.7 Å². The number of nitrogens with zero attached hydrogens (tertiary/aromatic N) is 2. The van der Waals surface area contributed by atoms with E-state index in [2.05, 4.69) is 10.4 Å². The zero-order valence-corrected chi connectivity index (χ0v) is 11.8. The molecule has 1 N–H and O–H groups in total. The first-order valence-corrected chi connectivity index (χ1v) is 7.35. The summed E-state index contributed by atoms with van der Waals surface area (Å²) < 4.78 is 41.0. The first kappa shape index (κ1) is 14.4. The summed E-state index contributed by atoms with van der Waals surface area (Å²) in [4.78, 5) is 12.1. The number of hydrogen-bond donors (Lipinski definition) is 1. The second kappa shape index (κ2) is 5.03. The molecule has 2 fully saturated rings. The van der Waals surface area contributed by atoms with Crippen molar-refractivity contribution in [1.29, 1.82) is 0 Å². The highest BCUT2D eigenvalue weighted by Gasteiger charge is 2.42. The molecule has 4 nitrogen and oxygen atoms in total. The van der Waals surface area contributed by atoms with Crippen molar-refractivity contribution >= 4 is 5.91 Å². The van der Waals surface area contributed by atoms with E-state index in [0.29, 0.717) is 5.69 Å². The molecular formula is C14H18F3N3O. The Morgan fingerprint density at radius 1 is 1.24 bits per heavy atom. The maximum Gasteiger partial charge on any atom is 0.435 e. The SMILES string of the molecule is Cc1c(C(=O)NC2CC2)c(C(F)(F)F)nn1C1CCCC1. The van der Waals surface area contributed by atoms with Gasteiger partial charge in [-0.05, 0) is 32.6 Å². The van der Waals surface area contributed by atoms with Crippen LogP contribution >= 0.6 is 0 Å². The molecule has 1 heterocycles. The number of aromatic nitrogens is 2. The summed E-state index contributed by atoms with van der Waals surface area (Å²) in [6.07, 6.45) is 0.702. The molecule has 3 rings (SSSR count). The van der Waals surface area contributed by atoms with Crippen LogP contribution in [0.4, 0.5) is 13.2 Å². The molecule has 1 aromatic heterocycles. The van der Waals surface area contributed by atoms with Gasteiger partial charge in [-0.2, -0.15) is 18.3 Å².